The topological polar surface area (TPSA) is 133 Å². The van der Waals surface area contributed by atoms with Crippen LogP contribution in [0, 0.1) is 6.92 Å². The zero-order chi connectivity index (χ0) is 22.6. The molecule has 0 unspecified atom stereocenters. The van der Waals surface area contributed by atoms with Gasteiger partial charge in [-0.3, -0.25) is 4.72 Å². The van der Waals surface area contributed by atoms with Crippen molar-refractivity contribution in [3.8, 4) is 17.2 Å². The second kappa shape index (κ2) is 8.97. The fourth-order valence-corrected chi connectivity index (χ4v) is 3.81. The Morgan fingerprint density at radius 1 is 0.903 bits per heavy atom. The van der Waals surface area contributed by atoms with Crippen molar-refractivity contribution in [3.63, 3.8) is 0 Å². The van der Waals surface area contributed by atoms with E-state index in [1.54, 1.807) is 18.2 Å². The van der Waals surface area contributed by atoms with E-state index in [9.17, 15) is 28.5 Å². The number of esters is 1. The van der Waals surface area contributed by atoms with Crippen LogP contribution in [0.5, 0.6) is 17.2 Å². The van der Waals surface area contributed by atoms with Crippen molar-refractivity contribution in [1.29, 1.82) is 0 Å². The number of aryl methyl sites for hydroxylation is 1. The van der Waals surface area contributed by atoms with Crippen molar-refractivity contribution in [3.05, 3.63) is 77.4 Å². The minimum Gasteiger partial charge on any atom is -0.507 e. The van der Waals surface area contributed by atoms with Crippen LogP contribution in [-0.4, -0.2) is 36.3 Å². The summed E-state index contributed by atoms with van der Waals surface area (Å²) in [5.41, 5.74) is 1.54. The van der Waals surface area contributed by atoms with Gasteiger partial charge in [0.05, 0.1) is 17.2 Å². The van der Waals surface area contributed by atoms with Gasteiger partial charge in [0.2, 0.25) is 0 Å². The Morgan fingerprint density at radius 2 is 1.61 bits per heavy atom. The Kier molecular flexibility index (Phi) is 6.36. The Hall–Kier alpha value is -3.72. The van der Waals surface area contributed by atoms with Crippen LogP contribution in [0.2, 0.25) is 0 Å². The van der Waals surface area contributed by atoms with Gasteiger partial charge in [0.15, 0.2) is 11.5 Å². The normalized spacial score (nSPS) is 11.1. The van der Waals surface area contributed by atoms with Crippen LogP contribution in [0.4, 0.5) is 5.69 Å². The average molecular weight is 443 g/mol. The predicted octanol–water partition coefficient (Wildman–Crippen LogP) is 3.31. The van der Waals surface area contributed by atoms with E-state index >= 15 is 0 Å². The molecule has 0 saturated carbocycles. The van der Waals surface area contributed by atoms with Gasteiger partial charge in [-0.25, -0.2) is 13.2 Å². The maximum absolute atomic E-state index is 12.4. The summed E-state index contributed by atoms with van der Waals surface area (Å²) in [7, 11) is -3.85. The number of rotatable bonds is 7. The third kappa shape index (κ3) is 5.46. The molecule has 0 aliphatic carbocycles. The summed E-state index contributed by atoms with van der Waals surface area (Å²) in [6.45, 7) is 1.82. The summed E-state index contributed by atoms with van der Waals surface area (Å²) < 4.78 is 32.4. The Morgan fingerprint density at radius 3 is 2.26 bits per heavy atom. The first kappa shape index (κ1) is 22.0. The van der Waals surface area contributed by atoms with Crippen LogP contribution in [0.1, 0.15) is 21.5 Å². The number of anilines is 1. The van der Waals surface area contributed by atoms with E-state index in [-0.39, 0.29) is 40.7 Å². The van der Waals surface area contributed by atoms with Gasteiger partial charge in [-0.15, -0.1) is 0 Å². The highest BCUT2D eigenvalue weighted by Gasteiger charge is 2.17. The van der Waals surface area contributed by atoms with Crippen molar-refractivity contribution < 1.29 is 33.3 Å². The zero-order valence-corrected chi connectivity index (χ0v) is 17.4. The van der Waals surface area contributed by atoms with E-state index in [1.165, 1.54) is 36.4 Å². The molecule has 0 radical (unpaired) electrons. The number of carbonyl (C=O) groups is 1. The summed E-state index contributed by atoms with van der Waals surface area (Å²) in [6, 6.07) is 14.3. The van der Waals surface area contributed by atoms with Gasteiger partial charge >= 0.3 is 5.97 Å². The molecule has 162 valence electrons. The number of hydrogen-bond acceptors (Lipinski definition) is 7. The number of nitrogens with one attached hydrogen (secondary N) is 1. The first-order valence-corrected chi connectivity index (χ1v) is 10.7. The molecule has 0 atom stereocenters. The van der Waals surface area contributed by atoms with E-state index in [4.69, 9.17) is 4.74 Å². The predicted molar refractivity (Wildman–Crippen MR) is 114 cm³/mol. The zero-order valence-electron chi connectivity index (χ0n) is 16.6. The highest BCUT2D eigenvalue weighted by atomic mass is 32.2. The van der Waals surface area contributed by atoms with Crippen LogP contribution in [0.3, 0.4) is 0 Å². The van der Waals surface area contributed by atoms with Crippen LogP contribution < -0.4 is 4.72 Å². The molecule has 3 aromatic carbocycles. The Labute approximate surface area is 179 Å². The molecular formula is C22H21NO7S. The van der Waals surface area contributed by atoms with Crippen LogP contribution in [0.25, 0.3) is 0 Å². The van der Waals surface area contributed by atoms with Crippen molar-refractivity contribution in [2.45, 2.75) is 18.2 Å². The molecule has 3 rings (SSSR count). The van der Waals surface area contributed by atoms with Gasteiger partial charge in [-0.05, 0) is 48.9 Å². The highest BCUT2D eigenvalue weighted by molar-refractivity contribution is 7.92. The van der Waals surface area contributed by atoms with Crippen LogP contribution in [0.15, 0.2) is 65.6 Å². The van der Waals surface area contributed by atoms with E-state index in [1.807, 2.05) is 6.92 Å². The molecule has 0 fully saturated rings. The lowest BCUT2D eigenvalue weighted by molar-refractivity contribution is 0.0506. The van der Waals surface area contributed by atoms with E-state index in [2.05, 4.69) is 4.72 Å². The van der Waals surface area contributed by atoms with Crippen LogP contribution >= 0.6 is 0 Å². The first-order valence-electron chi connectivity index (χ1n) is 9.26. The lowest BCUT2D eigenvalue weighted by atomic mass is 10.1. The summed E-state index contributed by atoms with van der Waals surface area (Å²) in [5, 5.41) is 28.9. The summed E-state index contributed by atoms with van der Waals surface area (Å²) in [5.74, 6) is -1.74. The third-order valence-corrected chi connectivity index (χ3v) is 5.86. The maximum atomic E-state index is 12.4. The SMILES string of the molecule is Cc1ccc(S(=O)(=O)Nc2ccc(C(=O)OCCc3ccc(O)c(O)c3)c(O)c2)cc1. The number of ether oxygens (including phenoxy) is 1. The fraction of sp³-hybridized carbons (Fsp3) is 0.136. The van der Waals surface area contributed by atoms with Gasteiger partial charge in [0.25, 0.3) is 10.0 Å². The second-order valence-electron chi connectivity index (χ2n) is 6.86. The van der Waals surface area contributed by atoms with Crippen molar-refractivity contribution in [2.75, 3.05) is 11.3 Å². The number of phenols is 3. The third-order valence-electron chi connectivity index (χ3n) is 4.46. The molecule has 0 spiro atoms. The van der Waals surface area contributed by atoms with Gasteiger partial charge < -0.3 is 20.1 Å². The van der Waals surface area contributed by atoms with Gasteiger partial charge in [0, 0.05) is 12.5 Å². The summed E-state index contributed by atoms with van der Waals surface area (Å²) in [4.78, 5) is 12.3. The van der Waals surface area contributed by atoms with Gasteiger partial charge in [-0.1, -0.05) is 23.8 Å². The molecule has 9 heteroatoms. The average Bonchev–Trinajstić information content (AvgIpc) is 2.70. The number of hydrogen-bond donors (Lipinski definition) is 4. The van der Waals surface area contributed by atoms with Crippen molar-refractivity contribution in [1.82, 2.24) is 0 Å². The minimum atomic E-state index is -3.85. The number of phenolic OH excluding ortho intramolecular Hbond substituents is 3. The maximum Gasteiger partial charge on any atom is 0.341 e. The molecule has 0 aliphatic heterocycles. The van der Waals surface area contributed by atoms with Crippen molar-refractivity contribution >= 4 is 21.7 Å². The molecule has 4 N–H and O–H groups in total. The Balaban J connectivity index is 1.63. The smallest absolute Gasteiger partial charge is 0.341 e. The summed E-state index contributed by atoms with van der Waals surface area (Å²) >= 11 is 0. The standard InChI is InChI=1S/C22H21NO7S/c1-14-2-6-17(7-3-14)31(28,29)23-16-5-8-18(20(25)13-16)22(27)30-11-10-15-4-9-19(24)21(26)12-15/h2-9,12-13,23-26H,10-11H2,1H3. The summed E-state index contributed by atoms with van der Waals surface area (Å²) in [6.07, 6.45) is 0.286. The lowest BCUT2D eigenvalue weighted by Gasteiger charge is -2.11. The van der Waals surface area contributed by atoms with Crippen LogP contribution in [-0.2, 0) is 21.2 Å². The molecule has 0 aliphatic rings. The van der Waals surface area contributed by atoms with E-state index in [0.717, 1.165) is 11.6 Å². The lowest BCUT2D eigenvalue weighted by Crippen LogP contribution is -2.13. The Bertz CT molecular complexity index is 1210. The molecule has 0 bridgehead atoms. The highest BCUT2D eigenvalue weighted by Crippen LogP contribution is 2.26. The van der Waals surface area contributed by atoms with Gasteiger partial charge in [0.1, 0.15) is 11.3 Å². The molecule has 0 aromatic heterocycles. The quantitative estimate of drug-likeness (QED) is 0.325. The molecule has 0 amide bonds. The minimum absolute atomic E-state index is 0.0235. The first-order chi connectivity index (χ1) is 14.7. The number of benzene rings is 3. The monoisotopic (exact) mass is 443 g/mol. The molecule has 0 heterocycles. The largest absolute Gasteiger partial charge is 0.507 e. The molecule has 8 nitrogen and oxygen atoms in total. The molecule has 0 saturated heterocycles. The fourth-order valence-electron chi connectivity index (χ4n) is 2.76. The molecule has 3 aromatic rings. The number of carbonyl (C=O) groups excluding carboxylic acids is 1. The number of sulfonamides is 1. The van der Waals surface area contributed by atoms with Gasteiger partial charge in [-0.2, -0.15) is 0 Å². The second-order valence-corrected chi connectivity index (χ2v) is 8.54. The van der Waals surface area contributed by atoms with Crippen molar-refractivity contribution in [2.24, 2.45) is 0 Å². The number of aromatic hydroxyl groups is 3. The molecule has 31 heavy (non-hydrogen) atoms. The van der Waals surface area contributed by atoms with E-state index < -0.39 is 21.7 Å². The van der Waals surface area contributed by atoms with E-state index in [0.29, 0.717) is 5.56 Å². The molecular weight excluding hydrogens is 422 g/mol.